The van der Waals surface area contributed by atoms with E-state index in [1.165, 1.54) is 5.56 Å². The molecule has 2 aliphatic heterocycles. The van der Waals surface area contributed by atoms with Crippen molar-refractivity contribution >= 4 is 17.5 Å². The Kier molecular flexibility index (Phi) is 4.71. The molecule has 0 unspecified atom stereocenters. The maximum absolute atomic E-state index is 12.7. The summed E-state index contributed by atoms with van der Waals surface area (Å²) in [6, 6.07) is 17.2. The second-order valence-electron chi connectivity index (χ2n) is 7.02. The molecule has 2 N–H and O–H groups in total. The van der Waals surface area contributed by atoms with Crippen LogP contribution in [0.4, 0.5) is 5.69 Å². The number of carbonyl (C=O) groups is 2. The fourth-order valence-corrected chi connectivity index (χ4v) is 3.89. The Hall–Kier alpha value is -2.66. The van der Waals surface area contributed by atoms with E-state index in [2.05, 4.69) is 21.6 Å². The molecule has 2 atom stereocenters. The number of amides is 2. The molecular weight excluding hydrogens is 326 g/mol. The number of para-hydroxylation sites is 1. The summed E-state index contributed by atoms with van der Waals surface area (Å²) in [6.45, 7) is 1.54. The molecule has 1 fully saturated rings. The SMILES string of the molecule is O=C(N[C@@H]1CCN([C@@H]2CCc3ccccc3NC2=O)C1)c1ccccc1. The fraction of sp³-hybridized carbons (Fsp3) is 0.333. The molecule has 2 aromatic carbocycles. The Morgan fingerprint density at radius 2 is 1.81 bits per heavy atom. The second kappa shape index (κ2) is 7.30. The molecule has 26 heavy (non-hydrogen) atoms. The molecule has 0 spiro atoms. The molecule has 2 amide bonds. The molecule has 5 heteroatoms. The van der Waals surface area contributed by atoms with Gasteiger partial charge in [-0.1, -0.05) is 36.4 Å². The Balaban J connectivity index is 1.38. The van der Waals surface area contributed by atoms with Gasteiger partial charge in [-0.25, -0.2) is 0 Å². The molecule has 4 rings (SSSR count). The lowest BCUT2D eigenvalue weighted by Crippen LogP contribution is -2.44. The molecule has 0 aromatic heterocycles. The zero-order valence-electron chi connectivity index (χ0n) is 14.7. The summed E-state index contributed by atoms with van der Waals surface area (Å²) < 4.78 is 0. The Bertz CT molecular complexity index is 806. The third-order valence-electron chi connectivity index (χ3n) is 5.30. The van der Waals surface area contributed by atoms with Crippen molar-refractivity contribution < 1.29 is 9.59 Å². The van der Waals surface area contributed by atoms with Crippen molar-refractivity contribution in [2.24, 2.45) is 0 Å². The Labute approximate surface area is 153 Å². The summed E-state index contributed by atoms with van der Waals surface area (Å²) in [6.07, 6.45) is 2.56. The highest BCUT2D eigenvalue weighted by Gasteiger charge is 2.34. The van der Waals surface area contributed by atoms with Crippen molar-refractivity contribution in [2.45, 2.75) is 31.3 Å². The van der Waals surface area contributed by atoms with Crippen molar-refractivity contribution in [1.82, 2.24) is 10.2 Å². The highest BCUT2D eigenvalue weighted by atomic mass is 16.2. The number of nitrogens with zero attached hydrogens (tertiary/aromatic N) is 1. The standard InChI is InChI=1S/C21H23N3O2/c25-20(16-7-2-1-3-8-16)22-17-12-13-24(14-17)19-11-10-15-6-4-5-9-18(15)23-21(19)26/h1-9,17,19H,10-14H2,(H,22,25)(H,23,26)/t17-,19-/m1/s1. The first-order chi connectivity index (χ1) is 12.7. The van der Waals surface area contributed by atoms with Gasteiger partial charge >= 0.3 is 0 Å². The van der Waals surface area contributed by atoms with Crippen LogP contribution in [0.2, 0.25) is 0 Å². The summed E-state index contributed by atoms with van der Waals surface area (Å²) in [7, 11) is 0. The van der Waals surface area contributed by atoms with Crippen molar-refractivity contribution in [3.8, 4) is 0 Å². The smallest absolute Gasteiger partial charge is 0.251 e. The van der Waals surface area contributed by atoms with Gasteiger partial charge in [-0.3, -0.25) is 14.5 Å². The van der Waals surface area contributed by atoms with Crippen LogP contribution in [0.5, 0.6) is 0 Å². The van der Waals surface area contributed by atoms with Gasteiger partial charge in [0.1, 0.15) is 0 Å². The van der Waals surface area contributed by atoms with Gasteiger partial charge in [-0.2, -0.15) is 0 Å². The number of fused-ring (bicyclic) bond motifs is 1. The van der Waals surface area contributed by atoms with Crippen molar-refractivity contribution in [3.05, 3.63) is 65.7 Å². The van der Waals surface area contributed by atoms with Gasteiger partial charge in [0.15, 0.2) is 0 Å². The molecule has 0 radical (unpaired) electrons. The maximum atomic E-state index is 12.7. The first kappa shape index (κ1) is 16.8. The van der Waals surface area contributed by atoms with E-state index in [9.17, 15) is 9.59 Å². The average Bonchev–Trinajstić information content (AvgIpc) is 3.04. The minimum Gasteiger partial charge on any atom is -0.348 e. The fourth-order valence-electron chi connectivity index (χ4n) is 3.89. The summed E-state index contributed by atoms with van der Waals surface area (Å²) in [5.74, 6) is 0.0140. The highest BCUT2D eigenvalue weighted by Crippen LogP contribution is 2.25. The van der Waals surface area contributed by atoms with Crippen LogP contribution in [-0.4, -0.2) is 41.9 Å². The van der Waals surface area contributed by atoms with Gasteiger partial charge in [0.2, 0.25) is 5.91 Å². The number of anilines is 1. The third kappa shape index (κ3) is 3.48. The molecule has 134 valence electrons. The zero-order valence-corrected chi connectivity index (χ0v) is 14.7. The van der Waals surface area contributed by atoms with Gasteiger partial charge in [0.05, 0.1) is 6.04 Å². The largest absolute Gasteiger partial charge is 0.348 e. The van der Waals surface area contributed by atoms with Gasteiger partial charge < -0.3 is 10.6 Å². The van der Waals surface area contributed by atoms with Crippen LogP contribution in [-0.2, 0) is 11.2 Å². The lowest BCUT2D eigenvalue weighted by Gasteiger charge is -2.25. The Morgan fingerprint density at radius 1 is 1.04 bits per heavy atom. The molecule has 0 saturated carbocycles. The predicted molar refractivity (Wildman–Crippen MR) is 101 cm³/mol. The molecule has 0 bridgehead atoms. The number of aryl methyl sites for hydroxylation is 1. The molecule has 0 aliphatic carbocycles. The minimum absolute atomic E-state index is 0.0461. The molecular formula is C21H23N3O2. The van der Waals surface area contributed by atoms with E-state index in [0.29, 0.717) is 12.1 Å². The van der Waals surface area contributed by atoms with Gasteiger partial charge in [0, 0.05) is 30.4 Å². The quantitative estimate of drug-likeness (QED) is 0.895. The second-order valence-corrected chi connectivity index (χ2v) is 7.02. The van der Waals surface area contributed by atoms with Crippen LogP contribution < -0.4 is 10.6 Å². The minimum atomic E-state index is -0.138. The maximum Gasteiger partial charge on any atom is 0.251 e. The number of nitrogens with one attached hydrogen (secondary N) is 2. The van der Waals surface area contributed by atoms with E-state index >= 15 is 0 Å². The van der Waals surface area contributed by atoms with Gasteiger partial charge in [0.25, 0.3) is 5.91 Å². The van der Waals surface area contributed by atoms with Crippen LogP contribution in [0, 0.1) is 0 Å². The predicted octanol–water partition coefficient (Wildman–Crippen LogP) is 2.44. The molecule has 2 heterocycles. The highest BCUT2D eigenvalue weighted by molar-refractivity contribution is 5.96. The van der Waals surface area contributed by atoms with Crippen molar-refractivity contribution in [3.63, 3.8) is 0 Å². The van der Waals surface area contributed by atoms with E-state index in [0.717, 1.165) is 31.5 Å². The van der Waals surface area contributed by atoms with Crippen molar-refractivity contribution in [2.75, 3.05) is 18.4 Å². The topological polar surface area (TPSA) is 61.4 Å². The van der Waals surface area contributed by atoms with Gasteiger partial charge in [-0.15, -0.1) is 0 Å². The number of hydrogen-bond donors (Lipinski definition) is 2. The molecule has 5 nitrogen and oxygen atoms in total. The molecule has 1 saturated heterocycles. The Morgan fingerprint density at radius 3 is 2.65 bits per heavy atom. The summed E-state index contributed by atoms with van der Waals surface area (Å²) in [5.41, 5.74) is 2.79. The summed E-state index contributed by atoms with van der Waals surface area (Å²) in [5, 5.41) is 6.16. The lowest BCUT2D eigenvalue weighted by atomic mass is 10.1. The summed E-state index contributed by atoms with van der Waals surface area (Å²) >= 11 is 0. The monoisotopic (exact) mass is 349 g/mol. The average molecular weight is 349 g/mol. The van der Waals surface area contributed by atoms with Crippen LogP contribution in [0.3, 0.4) is 0 Å². The van der Waals surface area contributed by atoms with E-state index in [-0.39, 0.29) is 23.9 Å². The lowest BCUT2D eigenvalue weighted by molar-refractivity contribution is -0.121. The molecule has 2 aliphatic rings. The zero-order chi connectivity index (χ0) is 17.9. The summed E-state index contributed by atoms with van der Waals surface area (Å²) in [4.78, 5) is 27.2. The van der Waals surface area contributed by atoms with Crippen LogP contribution in [0.1, 0.15) is 28.8 Å². The first-order valence-corrected chi connectivity index (χ1v) is 9.19. The number of rotatable bonds is 3. The van der Waals surface area contributed by atoms with E-state index in [1.807, 2.05) is 48.5 Å². The van der Waals surface area contributed by atoms with Crippen LogP contribution >= 0.6 is 0 Å². The number of benzene rings is 2. The van der Waals surface area contributed by atoms with Crippen LogP contribution in [0.15, 0.2) is 54.6 Å². The molecule has 2 aromatic rings. The van der Waals surface area contributed by atoms with E-state index in [1.54, 1.807) is 0 Å². The number of hydrogen-bond acceptors (Lipinski definition) is 3. The third-order valence-corrected chi connectivity index (χ3v) is 5.30. The normalized spacial score (nSPS) is 23.0. The van der Waals surface area contributed by atoms with Crippen LogP contribution in [0.25, 0.3) is 0 Å². The number of likely N-dealkylation sites (tertiary alicyclic amines) is 1. The number of carbonyl (C=O) groups excluding carboxylic acids is 2. The van der Waals surface area contributed by atoms with Crippen molar-refractivity contribution in [1.29, 1.82) is 0 Å². The van der Waals surface area contributed by atoms with Gasteiger partial charge in [-0.05, 0) is 43.0 Å². The van der Waals surface area contributed by atoms with E-state index in [4.69, 9.17) is 0 Å². The first-order valence-electron chi connectivity index (χ1n) is 9.19. The van der Waals surface area contributed by atoms with E-state index < -0.39 is 0 Å².